The van der Waals surface area contributed by atoms with Crippen molar-refractivity contribution in [2.24, 2.45) is 0 Å². The van der Waals surface area contributed by atoms with Crippen molar-refractivity contribution in [3.63, 3.8) is 0 Å². The van der Waals surface area contributed by atoms with E-state index < -0.39 is 0 Å². The Bertz CT molecular complexity index is 340. The summed E-state index contributed by atoms with van der Waals surface area (Å²) in [6.07, 6.45) is 4.33. The summed E-state index contributed by atoms with van der Waals surface area (Å²) in [6, 6.07) is 0. The number of hydrogen-bond acceptors (Lipinski definition) is 5. The molecular formula is C11H20N4OS. The number of carbonyl (C=O) groups excluding carboxylic acids is 1. The Kier molecular flexibility index (Phi) is 6.54. The van der Waals surface area contributed by atoms with Crippen molar-refractivity contribution in [2.75, 3.05) is 18.4 Å². The first-order valence-electron chi connectivity index (χ1n) is 6.13. The highest BCUT2D eigenvalue weighted by Gasteiger charge is 2.11. The Hall–Kier alpha value is -1.17. The number of carbonyl (C=O) groups is 1. The van der Waals surface area contributed by atoms with Crippen molar-refractivity contribution >= 4 is 22.4 Å². The van der Waals surface area contributed by atoms with Crippen LogP contribution in [0.4, 0.5) is 5.13 Å². The molecule has 0 radical (unpaired) electrons. The van der Waals surface area contributed by atoms with Crippen LogP contribution >= 0.6 is 11.3 Å². The summed E-state index contributed by atoms with van der Waals surface area (Å²) < 4.78 is 0. The molecule has 0 aromatic carbocycles. The van der Waals surface area contributed by atoms with Crippen LogP contribution in [0.1, 0.15) is 49.3 Å². The lowest BCUT2D eigenvalue weighted by molar-refractivity contribution is 0.0952. The Morgan fingerprint density at radius 2 is 2.00 bits per heavy atom. The molecule has 5 nitrogen and oxygen atoms in total. The van der Waals surface area contributed by atoms with E-state index in [4.69, 9.17) is 0 Å². The number of unbranched alkanes of at least 4 members (excludes halogenated alkanes) is 2. The highest BCUT2D eigenvalue weighted by atomic mass is 32.1. The molecule has 0 aliphatic carbocycles. The van der Waals surface area contributed by atoms with Gasteiger partial charge in [0.2, 0.25) is 10.1 Å². The van der Waals surface area contributed by atoms with Gasteiger partial charge in [0.15, 0.2) is 0 Å². The van der Waals surface area contributed by atoms with E-state index in [9.17, 15) is 4.79 Å². The molecule has 0 unspecified atom stereocenters. The quantitative estimate of drug-likeness (QED) is 0.700. The van der Waals surface area contributed by atoms with Gasteiger partial charge in [-0.15, -0.1) is 10.2 Å². The minimum absolute atomic E-state index is 0.122. The average Bonchev–Trinajstić information content (AvgIpc) is 2.80. The molecule has 0 atom stereocenters. The smallest absolute Gasteiger partial charge is 0.282 e. The van der Waals surface area contributed by atoms with Crippen LogP contribution in [0.2, 0.25) is 0 Å². The summed E-state index contributed by atoms with van der Waals surface area (Å²) in [4.78, 5) is 11.7. The number of anilines is 1. The third-order valence-electron chi connectivity index (χ3n) is 2.21. The van der Waals surface area contributed by atoms with Gasteiger partial charge in [-0.05, 0) is 12.8 Å². The van der Waals surface area contributed by atoms with Gasteiger partial charge in [-0.25, -0.2) is 0 Å². The van der Waals surface area contributed by atoms with Crippen LogP contribution in [0, 0.1) is 0 Å². The van der Waals surface area contributed by atoms with E-state index in [0.717, 1.165) is 32.2 Å². The summed E-state index contributed by atoms with van der Waals surface area (Å²) in [5.74, 6) is -0.122. The van der Waals surface area contributed by atoms with Crippen molar-refractivity contribution in [2.45, 2.75) is 39.5 Å². The summed E-state index contributed by atoms with van der Waals surface area (Å²) in [5, 5.41) is 14.9. The average molecular weight is 256 g/mol. The van der Waals surface area contributed by atoms with E-state index in [2.05, 4.69) is 34.7 Å². The number of nitrogens with zero attached hydrogens (tertiary/aromatic N) is 2. The second kappa shape index (κ2) is 8.00. The van der Waals surface area contributed by atoms with Crippen LogP contribution in [0.25, 0.3) is 0 Å². The number of aromatic nitrogens is 2. The SMILES string of the molecule is CCCCCNC(=O)c1nnc(NCCC)s1. The monoisotopic (exact) mass is 256 g/mol. The lowest BCUT2D eigenvalue weighted by Gasteiger charge is -2.00. The number of amides is 1. The van der Waals surface area contributed by atoms with Gasteiger partial charge < -0.3 is 10.6 Å². The molecule has 0 fully saturated rings. The van der Waals surface area contributed by atoms with Gasteiger partial charge in [0.1, 0.15) is 0 Å². The lowest BCUT2D eigenvalue weighted by atomic mass is 10.2. The predicted octanol–water partition coefficient (Wildman–Crippen LogP) is 2.28. The van der Waals surface area contributed by atoms with E-state index in [1.807, 2.05) is 0 Å². The highest BCUT2D eigenvalue weighted by Crippen LogP contribution is 2.14. The molecule has 0 spiro atoms. The minimum atomic E-state index is -0.122. The van der Waals surface area contributed by atoms with E-state index in [1.54, 1.807) is 0 Å². The van der Waals surface area contributed by atoms with Crippen LogP contribution < -0.4 is 10.6 Å². The largest absolute Gasteiger partial charge is 0.360 e. The zero-order valence-electron chi connectivity index (χ0n) is 10.5. The maximum absolute atomic E-state index is 11.7. The Morgan fingerprint density at radius 3 is 2.71 bits per heavy atom. The van der Waals surface area contributed by atoms with Gasteiger partial charge in [0, 0.05) is 13.1 Å². The van der Waals surface area contributed by atoms with E-state index in [-0.39, 0.29) is 5.91 Å². The summed E-state index contributed by atoms with van der Waals surface area (Å²) >= 11 is 1.30. The van der Waals surface area contributed by atoms with Gasteiger partial charge in [-0.1, -0.05) is 38.0 Å². The highest BCUT2D eigenvalue weighted by molar-refractivity contribution is 7.17. The zero-order valence-corrected chi connectivity index (χ0v) is 11.3. The molecule has 17 heavy (non-hydrogen) atoms. The molecule has 0 aliphatic heterocycles. The molecule has 96 valence electrons. The van der Waals surface area contributed by atoms with Gasteiger partial charge >= 0.3 is 0 Å². The summed E-state index contributed by atoms with van der Waals surface area (Å²) in [7, 11) is 0. The van der Waals surface area contributed by atoms with Crippen molar-refractivity contribution in [1.29, 1.82) is 0 Å². The van der Waals surface area contributed by atoms with Gasteiger partial charge in [0.05, 0.1) is 0 Å². The molecule has 0 saturated carbocycles. The third-order valence-corrected chi connectivity index (χ3v) is 3.09. The number of hydrogen-bond donors (Lipinski definition) is 2. The molecule has 1 amide bonds. The standard InChI is InChI=1S/C11H20N4OS/c1-3-5-6-8-12-9(16)10-14-15-11(17-10)13-7-4-2/h3-8H2,1-2H3,(H,12,16)(H,13,15). The number of nitrogens with one attached hydrogen (secondary N) is 2. The molecule has 0 aliphatic rings. The van der Waals surface area contributed by atoms with E-state index in [1.165, 1.54) is 11.3 Å². The normalized spacial score (nSPS) is 10.2. The van der Waals surface area contributed by atoms with Crippen LogP contribution in [-0.4, -0.2) is 29.2 Å². The first-order chi connectivity index (χ1) is 8.27. The Morgan fingerprint density at radius 1 is 1.18 bits per heavy atom. The van der Waals surface area contributed by atoms with Crippen molar-refractivity contribution in [3.8, 4) is 0 Å². The van der Waals surface area contributed by atoms with Crippen molar-refractivity contribution in [3.05, 3.63) is 5.01 Å². The molecule has 0 bridgehead atoms. The van der Waals surface area contributed by atoms with Crippen molar-refractivity contribution in [1.82, 2.24) is 15.5 Å². The van der Waals surface area contributed by atoms with E-state index >= 15 is 0 Å². The van der Waals surface area contributed by atoms with Gasteiger partial charge in [0.25, 0.3) is 5.91 Å². The maximum Gasteiger partial charge on any atom is 0.282 e. The molecule has 6 heteroatoms. The lowest BCUT2D eigenvalue weighted by Crippen LogP contribution is -2.24. The Balaban J connectivity index is 2.33. The second-order valence-electron chi connectivity index (χ2n) is 3.80. The van der Waals surface area contributed by atoms with Crippen LogP contribution in [0.15, 0.2) is 0 Å². The summed E-state index contributed by atoms with van der Waals surface area (Å²) in [6.45, 7) is 5.78. The molecule has 1 aromatic heterocycles. The second-order valence-corrected chi connectivity index (χ2v) is 4.78. The van der Waals surface area contributed by atoms with Crippen LogP contribution in [0.5, 0.6) is 0 Å². The first kappa shape index (κ1) is 13.9. The fourth-order valence-electron chi connectivity index (χ4n) is 1.27. The molecule has 1 aromatic rings. The zero-order chi connectivity index (χ0) is 12.5. The minimum Gasteiger partial charge on any atom is -0.360 e. The van der Waals surface area contributed by atoms with Gasteiger partial charge in [-0.2, -0.15) is 0 Å². The molecular weight excluding hydrogens is 236 g/mol. The molecule has 0 saturated heterocycles. The fraction of sp³-hybridized carbons (Fsp3) is 0.727. The number of rotatable bonds is 8. The summed E-state index contributed by atoms with van der Waals surface area (Å²) in [5.41, 5.74) is 0. The Labute approximate surface area is 106 Å². The van der Waals surface area contributed by atoms with Crippen LogP contribution in [-0.2, 0) is 0 Å². The van der Waals surface area contributed by atoms with Crippen molar-refractivity contribution < 1.29 is 4.79 Å². The molecule has 1 heterocycles. The predicted molar refractivity (Wildman–Crippen MR) is 70.5 cm³/mol. The molecule has 1 rings (SSSR count). The fourth-order valence-corrected chi connectivity index (χ4v) is 1.96. The van der Waals surface area contributed by atoms with Gasteiger partial charge in [-0.3, -0.25) is 4.79 Å². The van der Waals surface area contributed by atoms with Crippen LogP contribution in [0.3, 0.4) is 0 Å². The first-order valence-corrected chi connectivity index (χ1v) is 6.95. The van der Waals surface area contributed by atoms with E-state index in [0.29, 0.717) is 16.7 Å². The molecule has 2 N–H and O–H groups in total. The maximum atomic E-state index is 11.7. The topological polar surface area (TPSA) is 66.9 Å². The third kappa shape index (κ3) is 5.12.